The number of hydrogen-bond acceptors (Lipinski definition) is 6. The lowest BCUT2D eigenvalue weighted by Gasteiger charge is -2.15. The minimum Gasteiger partial charge on any atom is -0.865 e. The van der Waals surface area contributed by atoms with E-state index < -0.39 is 28.2 Å². The van der Waals surface area contributed by atoms with Gasteiger partial charge in [-0.05, 0) is 42.3 Å². The zero-order chi connectivity index (χ0) is 19.7. The highest BCUT2D eigenvalue weighted by molar-refractivity contribution is 6.31. The third-order valence-electron chi connectivity index (χ3n) is 3.94. The van der Waals surface area contributed by atoms with Crippen LogP contribution in [-0.4, -0.2) is 23.8 Å². The highest BCUT2D eigenvalue weighted by atomic mass is 16.6. The van der Waals surface area contributed by atoms with E-state index in [-0.39, 0.29) is 16.9 Å². The molecule has 2 amide bonds. The maximum Gasteiger partial charge on any atom is 0.282 e. The van der Waals surface area contributed by atoms with Crippen LogP contribution >= 0.6 is 0 Å². The van der Waals surface area contributed by atoms with Crippen molar-refractivity contribution in [3.05, 3.63) is 63.2 Å². The molecule has 1 fully saturated rings. The van der Waals surface area contributed by atoms with Crippen molar-refractivity contribution in [1.82, 2.24) is 5.43 Å². The topological polar surface area (TPSA) is 125 Å². The van der Waals surface area contributed by atoms with E-state index >= 15 is 0 Å². The summed E-state index contributed by atoms with van der Waals surface area (Å²) in [6, 6.07) is 9.20. The van der Waals surface area contributed by atoms with Gasteiger partial charge in [0.05, 0.1) is 17.7 Å². The van der Waals surface area contributed by atoms with Gasteiger partial charge in [0.25, 0.3) is 17.5 Å². The first-order valence-corrected chi connectivity index (χ1v) is 7.79. The Bertz CT molecular complexity index is 999. The lowest BCUT2D eigenvalue weighted by atomic mass is 10.1. The van der Waals surface area contributed by atoms with Crippen molar-refractivity contribution in [2.45, 2.75) is 6.92 Å². The fourth-order valence-corrected chi connectivity index (χ4v) is 2.65. The molecule has 0 saturated carbocycles. The van der Waals surface area contributed by atoms with Gasteiger partial charge in [-0.2, -0.15) is 0 Å². The fourth-order valence-electron chi connectivity index (χ4n) is 2.65. The van der Waals surface area contributed by atoms with Crippen LogP contribution in [0.2, 0.25) is 0 Å². The number of nitro groups is 1. The van der Waals surface area contributed by atoms with Crippen LogP contribution in [0.1, 0.15) is 11.1 Å². The van der Waals surface area contributed by atoms with E-state index in [1.165, 1.54) is 19.3 Å². The predicted octanol–water partition coefficient (Wildman–Crippen LogP) is 1.45. The predicted molar refractivity (Wildman–Crippen MR) is 93.9 cm³/mol. The number of anilines is 1. The van der Waals surface area contributed by atoms with Crippen molar-refractivity contribution in [3.8, 4) is 11.5 Å². The summed E-state index contributed by atoms with van der Waals surface area (Å²) in [6.07, 6.45) is 1.18. The number of carbonyl (C=O) groups is 2. The first-order chi connectivity index (χ1) is 12.8. The molecule has 0 aromatic heterocycles. The van der Waals surface area contributed by atoms with Crippen LogP contribution in [0.25, 0.3) is 6.08 Å². The van der Waals surface area contributed by atoms with Crippen LogP contribution in [0.3, 0.4) is 0 Å². The SMILES string of the molecule is COc1cc(/C=C2/C(=O)NN(c3cccc(C)c3)C2=O)cc([N+](=O)[O-])c1[O-]. The molecule has 0 aliphatic carbocycles. The Morgan fingerprint density at radius 2 is 1.96 bits per heavy atom. The molecule has 0 atom stereocenters. The van der Waals surface area contributed by atoms with Crippen molar-refractivity contribution < 1.29 is 24.4 Å². The molecule has 1 aliphatic rings. The molecule has 1 aliphatic heterocycles. The van der Waals surface area contributed by atoms with Gasteiger partial charge in [0.15, 0.2) is 0 Å². The Hall–Kier alpha value is -3.88. The molecule has 9 nitrogen and oxygen atoms in total. The van der Waals surface area contributed by atoms with E-state index in [0.29, 0.717) is 5.69 Å². The second kappa shape index (κ2) is 6.79. The Kier molecular flexibility index (Phi) is 4.51. The zero-order valence-electron chi connectivity index (χ0n) is 14.4. The summed E-state index contributed by atoms with van der Waals surface area (Å²) in [5.74, 6) is -2.40. The van der Waals surface area contributed by atoms with E-state index in [4.69, 9.17) is 4.74 Å². The van der Waals surface area contributed by atoms with E-state index in [2.05, 4.69) is 5.43 Å². The number of nitrogens with one attached hydrogen (secondary N) is 1. The number of carbonyl (C=O) groups excluding carboxylic acids is 2. The number of benzene rings is 2. The van der Waals surface area contributed by atoms with Crippen LogP contribution in [0.5, 0.6) is 11.5 Å². The average Bonchev–Trinajstić information content (AvgIpc) is 2.91. The fraction of sp³-hybridized carbons (Fsp3) is 0.111. The molecule has 0 radical (unpaired) electrons. The van der Waals surface area contributed by atoms with E-state index in [1.807, 2.05) is 13.0 Å². The van der Waals surface area contributed by atoms with Crippen molar-refractivity contribution in [3.63, 3.8) is 0 Å². The van der Waals surface area contributed by atoms with Crippen LogP contribution in [-0.2, 0) is 9.59 Å². The van der Waals surface area contributed by atoms with Gasteiger partial charge in [0.2, 0.25) is 0 Å². The third kappa shape index (κ3) is 3.30. The maximum atomic E-state index is 12.6. The lowest BCUT2D eigenvalue weighted by molar-refractivity contribution is -0.398. The molecule has 1 N–H and O–H groups in total. The smallest absolute Gasteiger partial charge is 0.282 e. The van der Waals surface area contributed by atoms with Gasteiger partial charge in [-0.15, -0.1) is 0 Å². The van der Waals surface area contributed by atoms with Crippen LogP contribution in [0, 0.1) is 17.0 Å². The molecule has 138 valence electrons. The number of methoxy groups -OCH3 is 1. The number of nitrogens with zero attached hydrogens (tertiary/aromatic N) is 2. The number of hydrazine groups is 1. The average molecular weight is 368 g/mol. The van der Waals surface area contributed by atoms with Crippen molar-refractivity contribution in [1.29, 1.82) is 0 Å². The third-order valence-corrected chi connectivity index (χ3v) is 3.94. The number of rotatable bonds is 4. The van der Waals surface area contributed by atoms with Gasteiger partial charge in [0, 0.05) is 11.8 Å². The first kappa shape index (κ1) is 17.9. The molecule has 0 spiro atoms. The van der Waals surface area contributed by atoms with E-state index in [9.17, 15) is 24.8 Å². The summed E-state index contributed by atoms with van der Waals surface area (Å²) in [7, 11) is 1.20. The van der Waals surface area contributed by atoms with Gasteiger partial charge in [0.1, 0.15) is 11.3 Å². The van der Waals surface area contributed by atoms with Crippen molar-refractivity contribution in [2.75, 3.05) is 12.1 Å². The molecule has 1 heterocycles. The van der Waals surface area contributed by atoms with Crippen LogP contribution in [0.15, 0.2) is 42.0 Å². The summed E-state index contributed by atoms with van der Waals surface area (Å²) in [4.78, 5) is 35.1. The molecular weight excluding hydrogens is 354 g/mol. The normalized spacial score (nSPS) is 15.2. The monoisotopic (exact) mass is 368 g/mol. The molecule has 9 heteroatoms. The van der Waals surface area contributed by atoms with Crippen molar-refractivity contribution in [2.24, 2.45) is 0 Å². The first-order valence-electron chi connectivity index (χ1n) is 7.79. The molecule has 1 saturated heterocycles. The number of ether oxygens (including phenoxy) is 1. The second-order valence-corrected chi connectivity index (χ2v) is 5.81. The Balaban J connectivity index is 2.02. The Morgan fingerprint density at radius 3 is 2.59 bits per heavy atom. The molecule has 2 aromatic rings. The highest BCUT2D eigenvalue weighted by Gasteiger charge is 2.34. The number of aryl methyl sites for hydroxylation is 1. The molecular formula is C18H14N3O6-. The molecule has 2 aromatic carbocycles. The molecule has 0 bridgehead atoms. The van der Waals surface area contributed by atoms with Crippen LogP contribution in [0.4, 0.5) is 11.4 Å². The van der Waals surface area contributed by atoms with Gasteiger partial charge in [-0.1, -0.05) is 12.1 Å². The van der Waals surface area contributed by atoms with Gasteiger partial charge < -0.3 is 9.84 Å². The summed E-state index contributed by atoms with van der Waals surface area (Å²) in [6.45, 7) is 1.85. The number of amides is 2. The minimum absolute atomic E-state index is 0.128. The zero-order valence-corrected chi connectivity index (χ0v) is 14.4. The van der Waals surface area contributed by atoms with Crippen molar-refractivity contribution >= 4 is 29.3 Å². The highest BCUT2D eigenvalue weighted by Crippen LogP contribution is 2.35. The number of hydrogen-bond donors (Lipinski definition) is 1. The Labute approximate surface area is 153 Å². The number of nitro benzene ring substituents is 1. The lowest BCUT2D eigenvalue weighted by Crippen LogP contribution is -2.35. The Morgan fingerprint density at radius 1 is 1.22 bits per heavy atom. The minimum atomic E-state index is -0.881. The molecule has 3 rings (SSSR count). The summed E-state index contributed by atoms with van der Waals surface area (Å²) in [5, 5.41) is 24.0. The molecule has 27 heavy (non-hydrogen) atoms. The summed E-state index contributed by atoms with van der Waals surface area (Å²) >= 11 is 0. The van der Waals surface area contributed by atoms with Gasteiger partial charge in [-0.3, -0.25) is 25.1 Å². The quantitative estimate of drug-likeness (QED) is 0.377. The molecule has 0 unspecified atom stereocenters. The summed E-state index contributed by atoms with van der Waals surface area (Å²) in [5.41, 5.74) is 3.03. The van der Waals surface area contributed by atoms with Gasteiger partial charge in [-0.25, -0.2) is 5.01 Å². The van der Waals surface area contributed by atoms with E-state index in [1.54, 1.807) is 18.2 Å². The van der Waals surface area contributed by atoms with E-state index in [0.717, 1.165) is 16.6 Å². The largest absolute Gasteiger partial charge is 0.865 e. The maximum absolute atomic E-state index is 12.6. The standard InChI is InChI=1S/C18H15N3O6/c1-10-4-3-5-12(6-10)20-18(24)13(17(23)19-20)7-11-8-14(21(25)26)16(22)15(9-11)27-2/h3-9,22H,1-2H3,(H,19,23)/p-1/b13-7-. The van der Waals surface area contributed by atoms with Crippen LogP contribution < -0.4 is 20.3 Å². The van der Waals surface area contributed by atoms with Gasteiger partial charge >= 0.3 is 0 Å². The summed E-state index contributed by atoms with van der Waals surface area (Å²) < 4.78 is 4.86. The second-order valence-electron chi connectivity index (χ2n) is 5.81.